The molecule has 0 aromatic heterocycles. The van der Waals surface area contributed by atoms with Crippen LogP contribution in [-0.4, -0.2) is 8.42 Å². The molecule has 22 heavy (non-hydrogen) atoms. The van der Waals surface area contributed by atoms with Crippen molar-refractivity contribution in [1.82, 2.24) is 0 Å². The zero-order valence-electron chi connectivity index (χ0n) is 11.9. The van der Waals surface area contributed by atoms with E-state index in [0.717, 1.165) is 10.9 Å². The summed E-state index contributed by atoms with van der Waals surface area (Å²) in [5.74, 6) is 0. The monoisotopic (exact) mass is 312 g/mol. The predicted octanol–water partition coefficient (Wildman–Crippen LogP) is 3.10. The maximum absolute atomic E-state index is 12.0. The Hall–Kier alpha value is -2.37. The second-order valence-corrected chi connectivity index (χ2v) is 6.55. The Labute approximate surface area is 129 Å². The zero-order chi connectivity index (χ0) is 15.6. The van der Waals surface area contributed by atoms with Crippen molar-refractivity contribution in [1.29, 1.82) is 0 Å². The second kappa shape index (κ2) is 5.79. The number of hydrogen-bond acceptors (Lipinski definition) is 3. The molecule has 0 bridgehead atoms. The van der Waals surface area contributed by atoms with Crippen molar-refractivity contribution in [3.63, 3.8) is 0 Å². The molecule has 0 unspecified atom stereocenters. The van der Waals surface area contributed by atoms with E-state index in [0.29, 0.717) is 17.6 Å². The van der Waals surface area contributed by atoms with Crippen LogP contribution >= 0.6 is 0 Å². The summed E-state index contributed by atoms with van der Waals surface area (Å²) in [7, 11) is -3.83. The Kier molecular flexibility index (Phi) is 3.83. The number of sulfonamides is 1. The lowest BCUT2D eigenvalue weighted by molar-refractivity contribution is 0.599. The molecule has 0 heterocycles. The van der Waals surface area contributed by atoms with Crippen LogP contribution in [0.1, 0.15) is 5.56 Å². The van der Waals surface area contributed by atoms with Gasteiger partial charge in [-0.05, 0) is 17.0 Å². The van der Waals surface area contributed by atoms with Crippen molar-refractivity contribution in [3.05, 3.63) is 72.3 Å². The van der Waals surface area contributed by atoms with Crippen LogP contribution in [0.5, 0.6) is 0 Å². The van der Waals surface area contributed by atoms with Gasteiger partial charge in [0.1, 0.15) is 4.90 Å². The minimum atomic E-state index is -3.83. The topological polar surface area (TPSA) is 72.2 Å². The largest absolute Gasteiger partial charge is 0.380 e. The molecule has 0 amide bonds. The molecule has 0 aliphatic rings. The molecule has 0 saturated heterocycles. The summed E-state index contributed by atoms with van der Waals surface area (Å²) in [6.07, 6.45) is 0. The van der Waals surface area contributed by atoms with Gasteiger partial charge in [0.2, 0.25) is 10.0 Å². The van der Waals surface area contributed by atoms with Gasteiger partial charge >= 0.3 is 0 Å². The van der Waals surface area contributed by atoms with Crippen LogP contribution in [0.15, 0.2) is 71.6 Å². The fourth-order valence-electron chi connectivity index (χ4n) is 2.48. The van der Waals surface area contributed by atoms with Crippen LogP contribution in [-0.2, 0) is 16.6 Å². The third kappa shape index (κ3) is 2.95. The average Bonchev–Trinajstić information content (AvgIpc) is 2.52. The van der Waals surface area contributed by atoms with E-state index >= 15 is 0 Å². The minimum Gasteiger partial charge on any atom is -0.380 e. The second-order valence-electron chi connectivity index (χ2n) is 5.05. The van der Waals surface area contributed by atoms with Gasteiger partial charge in [0.15, 0.2) is 0 Å². The third-order valence-electron chi connectivity index (χ3n) is 3.49. The first-order valence-electron chi connectivity index (χ1n) is 6.88. The van der Waals surface area contributed by atoms with E-state index in [1.165, 1.54) is 0 Å². The van der Waals surface area contributed by atoms with Crippen molar-refractivity contribution in [3.8, 4) is 0 Å². The van der Waals surface area contributed by atoms with Gasteiger partial charge in [0.05, 0.1) is 5.69 Å². The molecule has 0 radical (unpaired) electrons. The molecule has 4 nitrogen and oxygen atoms in total. The number of nitrogens with one attached hydrogen (secondary N) is 1. The summed E-state index contributed by atoms with van der Waals surface area (Å²) in [5, 5.41) is 10.1. The lowest BCUT2D eigenvalue weighted by Gasteiger charge is -2.13. The molecule has 0 saturated carbocycles. The van der Waals surface area contributed by atoms with Crippen molar-refractivity contribution in [2.75, 3.05) is 5.32 Å². The van der Waals surface area contributed by atoms with Crippen LogP contribution in [0.4, 0.5) is 5.69 Å². The van der Waals surface area contributed by atoms with Crippen molar-refractivity contribution < 1.29 is 8.42 Å². The van der Waals surface area contributed by atoms with Crippen LogP contribution in [0.25, 0.3) is 10.8 Å². The number of anilines is 1. The predicted molar refractivity (Wildman–Crippen MR) is 89.1 cm³/mol. The molecule has 0 fully saturated rings. The molecule has 0 aliphatic heterocycles. The van der Waals surface area contributed by atoms with Crippen LogP contribution in [0.2, 0.25) is 0 Å². The Bertz CT molecular complexity index is 906. The van der Waals surface area contributed by atoms with Gasteiger partial charge in [-0.2, -0.15) is 0 Å². The standard InChI is InChI=1S/C17H16N2O2S/c18-22(20,21)17-15-9-5-4-8-14(15)10-11-16(17)19-12-13-6-2-1-3-7-13/h1-11,19H,12H2,(H2,18,20,21). The van der Waals surface area contributed by atoms with Crippen molar-refractivity contribution >= 4 is 26.5 Å². The van der Waals surface area contributed by atoms with Gasteiger partial charge in [-0.25, -0.2) is 13.6 Å². The molecule has 3 aromatic rings. The van der Waals surface area contributed by atoms with E-state index < -0.39 is 10.0 Å². The lowest BCUT2D eigenvalue weighted by Crippen LogP contribution is -2.15. The fourth-order valence-corrected chi connectivity index (χ4v) is 3.42. The molecule has 0 spiro atoms. The highest BCUT2D eigenvalue weighted by atomic mass is 32.2. The number of rotatable bonds is 4. The van der Waals surface area contributed by atoms with Gasteiger partial charge in [-0.3, -0.25) is 0 Å². The summed E-state index contributed by atoms with van der Waals surface area (Å²) >= 11 is 0. The number of benzene rings is 3. The summed E-state index contributed by atoms with van der Waals surface area (Å²) in [5.41, 5.74) is 1.58. The summed E-state index contributed by atoms with van der Waals surface area (Å²) < 4.78 is 24.0. The normalized spacial score (nSPS) is 11.5. The van der Waals surface area contributed by atoms with Gasteiger partial charge in [-0.1, -0.05) is 60.7 Å². The van der Waals surface area contributed by atoms with Crippen molar-refractivity contribution in [2.45, 2.75) is 11.4 Å². The molecule has 3 aromatic carbocycles. The smallest absolute Gasteiger partial charge is 0.240 e. The average molecular weight is 312 g/mol. The summed E-state index contributed by atoms with van der Waals surface area (Å²) in [6.45, 7) is 0.529. The molecular formula is C17H16N2O2S. The van der Waals surface area contributed by atoms with E-state index in [2.05, 4.69) is 5.32 Å². The first-order chi connectivity index (χ1) is 10.6. The van der Waals surface area contributed by atoms with E-state index in [4.69, 9.17) is 5.14 Å². The first kappa shape index (κ1) is 14.6. The molecule has 3 N–H and O–H groups in total. The molecule has 5 heteroatoms. The maximum Gasteiger partial charge on any atom is 0.240 e. The maximum atomic E-state index is 12.0. The molecule has 112 valence electrons. The molecule has 3 rings (SSSR count). The Morgan fingerprint density at radius 1 is 0.864 bits per heavy atom. The highest BCUT2D eigenvalue weighted by molar-refractivity contribution is 7.89. The van der Waals surface area contributed by atoms with Gasteiger partial charge in [0.25, 0.3) is 0 Å². The molecule has 0 atom stereocenters. The number of primary sulfonamides is 1. The quantitative estimate of drug-likeness (QED) is 0.777. The van der Waals surface area contributed by atoms with Gasteiger partial charge in [0, 0.05) is 11.9 Å². The third-order valence-corrected chi connectivity index (χ3v) is 4.50. The van der Waals surface area contributed by atoms with Crippen LogP contribution in [0.3, 0.4) is 0 Å². The fraction of sp³-hybridized carbons (Fsp3) is 0.0588. The van der Waals surface area contributed by atoms with E-state index in [1.807, 2.05) is 48.5 Å². The summed E-state index contributed by atoms with van der Waals surface area (Å²) in [4.78, 5) is 0.140. The first-order valence-corrected chi connectivity index (χ1v) is 8.43. The van der Waals surface area contributed by atoms with Gasteiger partial charge in [-0.15, -0.1) is 0 Å². The molecular weight excluding hydrogens is 296 g/mol. The Morgan fingerprint density at radius 3 is 2.27 bits per heavy atom. The zero-order valence-corrected chi connectivity index (χ0v) is 12.7. The highest BCUT2D eigenvalue weighted by Gasteiger charge is 2.17. The minimum absolute atomic E-state index is 0.140. The number of hydrogen-bond donors (Lipinski definition) is 2. The lowest BCUT2D eigenvalue weighted by atomic mass is 10.1. The number of fused-ring (bicyclic) bond motifs is 1. The number of nitrogens with two attached hydrogens (primary N) is 1. The molecule has 0 aliphatic carbocycles. The van der Waals surface area contributed by atoms with E-state index in [-0.39, 0.29) is 4.90 Å². The van der Waals surface area contributed by atoms with E-state index in [1.54, 1.807) is 18.2 Å². The summed E-state index contributed by atoms with van der Waals surface area (Å²) in [6, 6.07) is 20.7. The van der Waals surface area contributed by atoms with Gasteiger partial charge < -0.3 is 5.32 Å². The Morgan fingerprint density at radius 2 is 1.55 bits per heavy atom. The van der Waals surface area contributed by atoms with Crippen molar-refractivity contribution in [2.24, 2.45) is 5.14 Å². The van der Waals surface area contributed by atoms with Crippen LogP contribution < -0.4 is 10.5 Å². The highest BCUT2D eigenvalue weighted by Crippen LogP contribution is 2.29. The van der Waals surface area contributed by atoms with E-state index in [9.17, 15) is 8.42 Å². The Balaban J connectivity index is 2.06. The van der Waals surface area contributed by atoms with Crippen LogP contribution in [0, 0.1) is 0 Å². The SMILES string of the molecule is NS(=O)(=O)c1c(NCc2ccccc2)ccc2ccccc12.